The first kappa shape index (κ1) is 15.6. The zero-order valence-corrected chi connectivity index (χ0v) is 14.4. The predicted molar refractivity (Wildman–Crippen MR) is 91.1 cm³/mol. The van der Waals surface area contributed by atoms with Crippen molar-refractivity contribution in [1.29, 1.82) is 0 Å². The second-order valence-electron chi connectivity index (χ2n) is 6.61. The van der Waals surface area contributed by atoms with Gasteiger partial charge in [0, 0.05) is 43.9 Å². The summed E-state index contributed by atoms with van der Waals surface area (Å²) in [7, 11) is 0. The molecule has 0 spiro atoms. The molecule has 2 aliphatic heterocycles. The van der Waals surface area contributed by atoms with Gasteiger partial charge in [-0.2, -0.15) is 0 Å². The lowest BCUT2D eigenvalue weighted by molar-refractivity contribution is 0.122. The van der Waals surface area contributed by atoms with Crippen LogP contribution in [-0.4, -0.2) is 47.7 Å². The summed E-state index contributed by atoms with van der Waals surface area (Å²) in [5, 5.41) is 0. The van der Waals surface area contributed by atoms with Crippen LogP contribution in [0.1, 0.15) is 28.5 Å². The van der Waals surface area contributed by atoms with Gasteiger partial charge >= 0.3 is 0 Å². The van der Waals surface area contributed by atoms with Crippen molar-refractivity contribution in [2.75, 3.05) is 37.7 Å². The van der Waals surface area contributed by atoms with Crippen LogP contribution in [0.2, 0.25) is 0 Å². The number of rotatable bonds is 3. The molecule has 4 rings (SSSR count). The Labute approximate surface area is 142 Å². The van der Waals surface area contributed by atoms with Crippen LogP contribution in [0.5, 0.6) is 0 Å². The van der Waals surface area contributed by atoms with Gasteiger partial charge in [-0.1, -0.05) is 0 Å². The van der Waals surface area contributed by atoms with E-state index in [0.717, 1.165) is 75.5 Å². The van der Waals surface area contributed by atoms with Crippen LogP contribution in [0.25, 0.3) is 0 Å². The molecule has 2 aliphatic rings. The number of aryl methyl sites for hydroxylation is 2. The standard InChI is InChI=1S/C18H24N4O2/c1-13-3-4-15(24-13)11-21-6-5-17-16(12-21)14(2)19-18(20-17)22-7-9-23-10-8-22/h3-4H,5-12H2,1-2H3. The molecule has 0 aromatic carbocycles. The molecule has 0 amide bonds. The number of furan rings is 1. The number of anilines is 1. The topological polar surface area (TPSA) is 54.6 Å². The van der Waals surface area contributed by atoms with Crippen molar-refractivity contribution in [3.63, 3.8) is 0 Å². The summed E-state index contributed by atoms with van der Waals surface area (Å²) >= 11 is 0. The second kappa shape index (κ2) is 6.53. The van der Waals surface area contributed by atoms with Crippen molar-refractivity contribution in [1.82, 2.24) is 14.9 Å². The summed E-state index contributed by atoms with van der Waals surface area (Å²) < 4.78 is 11.1. The third-order valence-corrected chi connectivity index (χ3v) is 4.80. The van der Waals surface area contributed by atoms with Gasteiger partial charge in [-0.05, 0) is 26.0 Å². The number of nitrogens with zero attached hydrogens (tertiary/aromatic N) is 4. The zero-order valence-electron chi connectivity index (χ0n) is 14.4. The molecular formula is C18H24N4O2. The molecule has 2 aromatic rings. The largest absolute Gasteiger partial charge is 0.465 e. The van der Waals surface area contributed by atoms with E-state index in [1.165, 1.54) is 11.3 Å². The van der Waals surface area contributed by atoms with Gasteiger partial charge in [0.05, 0.1) is 25.5 Å². The number of morpholine rings is 1. The maximum absolute atomic E-state index is 5.71. The normalized spacial score (nSPS) is 18.7. The summed E-state index contributed by atoms with van der Waals surface area (Å²) in [6, 6.07) is 4.09. The molecule has 6 nitrogen and oxygen atoms in total. The minimum Gasteiger partial charge on any atom is -0.465 e. The summed E-state index contributed by atoms with van der Waals surface area (Å²) in [5.41, 5.74) is 3.58. The van der Waals surface area contributed by atoms with Crippen molar-refractivity contribution < 1.29 is 9.15 Å². The van der Waals surface area contributed by atoms with Crippen molar-refractivity contribution in [2.45, 2.75) is 33.4 Å². The van der Waals surface area contributed by atoms with E-state index in [1.54, 1.807) is 0 Å². The molecule has 0 N–H and O–H groups in total. The van der Waals surface area contributed by atoms with Gasteiger partial charge in [0.15, 0.2) is 0 Å². The molecule has 0 unspecified atom stereocenters. The Morgan fingerprint density at radius 2 is 1.92 bits per heavy atom. The van der Waals surface area contributed by atoms with E-state index in [9.17, 15) is 0 Å². The van der Waals surface area contributed by atoms with Crippen molar-refractivity contribution in [3.8, 4) is 0 Å². The molecule has 6 heteroatoms. The fraction of sp³-hybridized carbons (Fsp3) is 0.556. The van der Waals surface area contributed by atoms with Crippen LogP contribution in [0, 0.1) is 13.8 Å². The molecule has 24 heavy (non-hydrogen) atoms. The van der Waals surface area contributed by atoms with Gasteiger partial charge in [-0.15, -0.1) is 0 Å². The highest BCUT2D eigenvalue weighted by Gasteiger charge is 2.23. The quantitative estimate of drug-likeness (QED) is 0.860. The lowest BCUT2D eigenvalue weighted by Gasteiger charge is -2.31. The van der Waals surface area contributed by atoms with Crippen LogP contribution >= 0.6 is 0 Å². The molecule has 4 heterocycles. The van der Waals surface area contributed by atoms with Gasteiger partial charge < -0.3 is 14.1 Å². The lowest BCUT2D eigenvalue weighted by Crippen LogP contribution is -2.38. The Hall–Kier alpha value is -1.92. The summed E-state index contributed by atoms with van der Waals surface area (Å²) in [6.07, 6.45) is 0.968. The highest BCUT2D eigenvalue weighted by molar-refractivity contribution is 5.38. The Morgan fingerprint density at radius 1 is 1.08 bits per heavy atom. The Kier molecular flexibility index (Phi) is 4.24. The van der Waals surface area contributed by atoms with Gasteiger partial charge in [-0.25, -0.2) is 9.97 Å². The SMILES string of the molecule is Cc1ccc(CN2CCc3nc(N4CCOCC4)nc(C)c3C2)o1. The van der Waals surface area contributed by atoms with E-state index in [2.05, 4.69) is 22.8 Å². The summed E-state index contributed by atoms with van der Waals surface area (Å²) in [6.45, 7) is 10.1. The first-order chi connectivity index (χ1) is 11.7. The predicted octanol–water partition coefficient (Wildman–Crippen LogP) is 2.08. The monoisotopic (exact) mass is 328 g/mol. The average Bonchev–Trinajstić information content (AvgIpc) is 3.01. The fourth-order valence-electron chi connectivity index (χ4n) is 3.45. The van der Waals surface area contributed by atoms with Crippen LogP contribution < -0.4 is 4.90 Å². The number of ether oxygens (including phenoxy) is 1. The van der Waals surface area contributed by atoms with E-state index in [4.69, 9.17) is 19.1 Å². The average molecular weight is 328 g/mol. The molecule has 2 aromatic heterocycles. The van der Waals surface area contributed by atoms with Gasteiger partial charge in [0.25, 0.3) is 0 Å². The van der Waals surface area contributed by atoms with Gasteiger partial charge in [0.1, 0.15) is 11.5 Å². The van der Waals surface area contributed by atoms with Crippen molar-refractivity contribution >= 4 is 5.95 Å². The first-order valence-corrected chi connectivity index (χ1v) is 8.66. The number of hydrogen-bond donors (Lipinski definition) is 0. The van der Waals surface area contributed by atoms with Crippen LogP contribution in [0.3, 0.4) is 0 Å². The van der Waals surface area contributed by atoms with Crippen molar-refractivity contribution in [3.05, 3.63) is 40.6 Å². The third-order valence-electron chi connectivity index (χ3n) is 4.80. The Morgan fingerprint density at radius 3 is 2.67 bits per heavy atom. The highest BCUT2D eigenvalue weighted by Crippen LogP contribution is 2.24. The maximum Gasteiger partial charge on any atom is 0.225 e. The van der Waals surface area contributed by atoms with Gasteiger partial charge in [-0.3, -0.25) is 4.90 Å². The molecule has 128 valence electrons. The molecular weight excluding hydrogens is 304 g/mol. The van der Waals surface area contributed by atoms with Crippen molar-refractivity contribution in [2.24, 2.45) is 0 Å². The Bertz CT molecular complexity index is 722. The highest BCUT2D eigenvalue weighted by atomic mass is 16.5. The zero-order chi connectivity index (χ0) is 16.5. The lowest BCUT2D eigenvalue weighted by atomic mass is 10.0. The fourth-order valence-corrected chi connectivity index (χ4v) is 3.45. The van der Waals surface area contributed by atoms with Gasteiger partial charge in [0.2, 0.25) is 5.95 Å². The first-order valence-electron chi connectivity index (χ1n) is 8.66. The summed E-state index contributed by atoms with van der Waals surface area (Å²) in [4.78, 5) is 14.3. The minimum absolute atomic E-state index is 0.760. The maximum atomic E-state index is 5.71. The van der Waals surface area contributed by atoms with E-state index in [0.29, 0.717) is 0 Å². The van der Waals surface area contributed by atoms with Crippen LogP contribution in [0.15, 0.2) is 16.5 Å². The van der Waals surface area contributed by atoms with E-state index in [-0.39, 0.29) is 0 Å². The van der Waals surface area contributed by atoms with Crippen LogP contribution in [-0.2, 0) is 24.2 Å². The van der Waals surface area contributed by atoms with E-state index in [1.807, 2.05) is 13.0 Å². The third kappa shape index (κ3) is 3.16. The minimum atomic E-state index is 0.760. The molecule has 0 atom stereocenters. The second-order valence-corrected chi connectivity index (χ2v) is 6.61. The van der Waals surface area contributed by atoms with E-state index >= 15 is 0 Å². The molecule has 0 saturated carbocycles. The molecule has 1 saturated heterocycles. The smallest absolute Gasteiger partial charge is 0.225 e. The van der Waals surface area contributed by atoms with E-state index < -0.39 is 0 Å². The summed E-state index contributed by atoms with van der Waals surface area (Å²) in [5.74, 6) is 2.86. The molecule has 1 fully saturated rings. The number of aromatic nitrogens is 2. The molecule has 0 bridgehead atoms. The van der Waals surface area contributed by atoms with Crippen LogP contribution in [0.4, 0.5) is 5.95 Å². The number of fused-ring (bicyclic) bond motifs is 1. The number of hydrogen-bond acceptors (Lipinski definition) is 6. The molecule has 0 radical (unpaired) electrons. The molecule has 0 aliphatic carbocycles. The Balaban J connectivity index is 1.51.